The molecule has 2 aliphatic heterocycles. The van der Waals surface area contributed by atoms with Crippen LogP contribution >= 0.6 is 23.2 Å². The van der Waals surface area contributed by atoms with Crippen LogP contribution in [0, 0.1) is 29.5 Å². The number of carbonyl (C=O) groups excluding carboxylic acids is 4. The first-order valence-electron chi connectivity index (χ1n) is 16.4. The number of nitrogens with zero attached hydrogens (tertiary/aromatic N) is 2. The van der Waals surface area contributed by atoms with Crippen LogP contribution in [0.1, 0.15) is 29.9 Å². The number of aromatic hydroxyl groups is 1. The molecule has 4 amide bonds. The number of methoxy groups -OCH3 is 1. The van der Waals surface area contributed by atoms with Gasteiger partial charge in [0, 0.05) is 27.6 Å². The Labute approximate surface area is 302 Å². The van der Waals surface area contributed by atoms with E-state index in [9.17, 15) is 23.9 Å². The Morgan fingerprint density at radius 2 is 1.51 bits per heavy atom. The maximum atomic E-state index is 15.2. The van der Waals surface area contributed by atoms with E-state index < -0.39 is 58.5 Å². The molecule has 3 fully saturated rings. The zero-order valence-corrected chi connectivity index (χ0v) is 28.6. The smallest absolute Gasteiger partial charge is 0.260 e. The van der Waals surface area contributed by atoms with Crippen molar-refractivity contribution in [3.8, 4) is 11.5 Å². The molecule has 9 nitrogen and oxygen atoms in total. The second-order valence-electron chi connectivity index (χ2n) is 13.3. The molecule has 2 aliphatic carbocycles. The molecular formula is C39H30Cl2FN3O6. The van der Waals surface area contributed by atoms with Crippen molar-refractivity contribution >= 4 is 58.2 Å². The number of hydrogen-bond donors (Lipinski definition) is 2. The van der Waals surface area contributed by atoms with Gasteiger partial charge in [-0.2, -0.15) is 5.01 Å². The van der Waals surface area contributed by atoms with Gasteiger partial charge in [0.25, 0.3) is 11.8 Å². The average molecular weight is 727 g/mol. The number of hydrazine groups is 1. The largest absolute Gasteiger partial charge is 0.508 e. The summed E-state index contributed by atoms with van der Waals surface area (Å²) in [6.07, 6.45) is 2.17. The highest BCUT2D eigenvalue weighted by atomic mass is 35.5. The van der Waals surface area contributed by atoms with E-state index in [0.29, 0.717) is 43.9 Å². The summed E-state index contributed by atoms with van der Waals surface area (Å²) in [6.45, 7) is 0. The highest BCUT2D eigenvalue weighted by Crippen LogP contribution is 2.65. The molecule has 258 valence electrons. The van der Waals surface area contributed by atoms with Crippen LogP contribution in [-0.2, 0) is 24.6 Å². The zero-order chi connectivity index (χ0) is 35.8. The van der Waals surface area contributed by atoms with Crippen molar-refractivity contribution in [2.24, 2.45) is 23.7 Å². The first kappa shape index (κ1) is 33.0. The predicted octanol–water partition coefficient (Wildman–Crippen LogP) is 7.04. The number of carbonyl (C=O) groups is 4. The third-order valence-corrected chi connectivity index (χ3v) is 11.4. The molecule has 2 heterocycles. The Balaban J connectivity index is 1.33. The molecule has 51 heavy (non-hydrogen) atoms. The third-order valence-electron chi connectivity index (χ3n) is 10.9. The van der Waals surface area contributed by atoms with Crippen LogP contribution in [0.3, 0.4) is 0 Å². The molecule has 0 spiro atoms. The van der Waals surface area contributed by atoms with Crippen LogP contribution in [0.5, 0.6) is 11.5 Å². The van der Waals surface area contributed by atoms with Crippen LogP contribution in [0.4, 0.5) is 15.8 Å². The van der Waals surface area contributed by atoms with Crippen molar-refractivity contribution in [2.75, 3.05) is 17.4 Å². The molecule has 0 radical (unpaired) electrons. The van der Waals surface area contributed by atoms with E-state index in [1.54, 1.807) is 60.7 Å². The van der Waals surface area contributed by atoms with E-state index >= 15 is 4.79 Å². The summed E-state index contributed by atoms with van der Waals surface area (Å²) in [6, 6.07) is 23.2. The lowest BCUT2D eigenvalue weighted by Crippen LogP contribution is -2.53. The number of phenols is 1. The minimum absolute atomic E-state index is 0.0582. The maximum Gasteiger partial charge on any atom is 0.260 e. The Hall–Kier alpha value is -5.19. The quantitative estimate of drug-likeness (QED) is 0.162. The number of halogens is 3. The molecule has 1 saturated carbocycles. The molecule has 2 saturated heterocycles. The normalized spacial score (nSPS) is 26.8. The molecule has 0 unspecified atom stereocenters. The van der Waals surface area contributed by atoms with Gasteiger partial charge in [0.2, 0.25) is 11.8 Å². The summed E-state index contributed by atoms with van der Waals surface area (Å²) in [4.78, 5) is 59.4. The number of anilines is 2. The minimum Gasteiger partial charge on any atom is -0.508 e. The lowest BCUT2D eigenvalue weighted by atomic mass is 9.49. The number of allylic oxidation sites excluding steroid dienone is 2. The van der Waals surface area contributed by atoms with Crippen LogP contribution in [0.2, 0.25) is 10.0 Å². The number of fused-ring (bicyclic) bond motifs is 4. The molecule has 0 bridgehead atoms. The summed E-state index contributed by atoms with van der Waals surface area (Å²) in [5.41, 5.74) is 3.48. The number of benzene rings is 4. The van der Waals surface area contributed by atoms with Crippen molar-refractivity contribution in [2.45, 2.75) is 24.2 Å². The second kappa shape index (κ2) is 12.2. The Bertz CT molecular complexity index is 2140. The van der Waals surface area contributed by atoms with Gasteiger partial charge in [-0.15, -0.1) is 0 Å². The van der Waals surface area contributed by atoms with E-state index in [-0.39, 0.29) is 24.5 Å². The number of phenolic OH excluding ortho intramolecular Hbond substituents is 1. The molecule has 4 aromatic rings. The van der Waals surface area contributed by atoms with E-state index in [0.717, 1.165) is 5.01 Å². The van der Waals surface area contributed by atoms with Gasteiger partial charge in [-0.3, -0.25) is 29.5 Å². The van der Waals surface area contributed by atoms with Crippen LogP contribution in [0.15, 0.2) is 103 Å². The topological polar surface area (TPSA) is 116 Å². The van der Waals surface area contributed by atoms with Crippen molar-refractivity contribution in [3.05, 3.63) is 130 Å². The molecule has 2 N–H and O–H groups in total. The molecule has 0 aromatic heterocycles. The third kappa shape index (κ3) is 4.95. The number of nitrogens with one attached hydrogen (secondary N) is 1. The van der Waals surface area contributed by atoms with E-state index in [1.807, 2.05) is 6.08 Å². The lowest BCUT2D eigenvalue weighted by molar-refractivity contribution is -0.138. The highest BCUT2D eigenvalue weighted by molar-refractivity contribution is 6.31. The summed E-state index contributed by atoms with van der Waals surface area (Å²) < 4.78 is 19.2. The molecule has 4 aromatic carbocycles. The monoisotopic (exact) mass is 725 g/mol. The van der Waals surface area contributed by atoms with Gasteiger partial charge in [-0.25, -0.2) is 4.39 Å². The van der Waals surface area contributed by atoms with E-state index in [2.05, 4.69) is 5.43 Å². The maximum absolute atomic E-state index is 15.2. The van der Waals surface area contributed by atoms with Gasteiger partial charge in [0.05, 0.1) is 41.7 Å². The number of hydrogen-bond acceptors (Lipinski definition) is 7. The van der Waals surface area contributed by atoms with Gasteiger partial charge < -0.3 is 9.84 Å². The SMILES string of the molecule is COc1ccc([C@H]2C3=CC[C@@H]4C(=O)N(c5ccc(Cl)cc5)C(=O)[C@@H]4[C@@H]3C[C@H]3C(=O)N(Nc4ccc(F)cc4)C(=O)[C@@]23c2ccc(Cl)cc2)c(O)c1. The summed E-state index contributed by atoms with van der Waals surface area (Å²) in [5.74, 6) is -6.39. The molecule has 4 aliphatic rings. The molecule has 8 rings (SSSR count). The lowest BCUT2D eigenvalue weighted by Gasteiger charge is -2.50. The molecule has 12 heteroatoms. The van der Waals surface area contributed by atoms with Crippen molar-refractivity contribution in [3.63, 3.8) is 0 Å². The first-order chi connectivity index (χ1) is 24.5. The van der Waals surface area contributed by atoms with Crippen molar-refractivity contribution in [1.82, 2.24) is 5.01 Å². The zero-order valence-electron chi connectivity index (χ0n) is 27.1. The van der Waals surface area contributed by atoms with E-state index in [1.165, 1.54) is 42.3 Å². The second-order valence-corrected chi connectivity index (χ2v) is 14.2. The fourth-order valence-corrected chi connectivity index (χ4v) is 8.99. The fraction of sp³-hybridized carbons (Fsp3) is 0.231. The number of imide groups is 2. The van der Waals surface area contributed by atoms with Crippen LogP contribution in [-0.4, -0.2) is 40.9 Å². The average Bonchev–Trinajstić information content (AvgIpc) is 3.51. The van der Waals surface area contributed by atoms with Crippen molar-refractivity contribution < 1.29 is 33.4 Å². The highest BCUT2D eigenvalue weighted by Gasteiger charge is 2.70. The van der Waals surface area contributed by atoms with E-state index in [4.69, 9.17) is 27.9 Å². The Morgan fingerprint density at radius 3 is 2.16 bits per heavy atom. The van der Waals surface area contributed by atoms with Gasteiger partial charge in [0.1, 0.15) is 17.3 Å². The molecule has 6 atom stereocenters. The van der Waals surface area contributed by atoms with Crippen LogP contribution < -0.4 is 15.1 Å². The van der Waals surface area contributed by atoms with Gasteiger partial charge in [-0.05, 0) is 91.1 Å². The van der Waals surface area contributed by atoms with Crippen LogP contribution in [0.25, 0.3) is 0 Å². The van der Waals surface area contributed by atoms with Gasteiger partial charge in [-0.1, -0.05) is 53.1 Å². The van der Waals surface area contributed by atoms with Gasteiger partial charge in [0.15, 0.2) is 0 Å². The number of rotatable bonds is 6. The molecular weight excluding hydrogens is 696 g/mol. The van der Waals surface area contributed by atoms with Gasteiger partial charge >= 0.3 is 0 Å². The Kier molecular flexibility index (Phi) is 7.92. The summed E-state index contributed by atoms with van der Waals surface area (Å²) >= 11 is 12.5. The standard InChI is InChI=1S/C39H30Cl2FN3O6/c1-51-26-14-15-28(32(46)18-26)34-27-16-17-29-33(37(49)44(35(29)47)25-12-6-22(41)7-13-25)30(27)19-31-36(48)45(43-24-10-8-23(42)9-11-24)38(50)39(31,34)20-2-4-21(40)5-3-20/h2-16,18,29-31,33-34,43,46H,17,19H2,1H3/t29-,30+,31-,33-,34+,39+/m0/s1. The first-order valence-corrected chi connectivity index (χ1v) is 17.2. The summed E-state index contributed by atoms with van der Waals surface area (Å²) in [7, 11) is 1.47. The number of amides is 4. The number of ether oxygens (including phenoxy) is 1. The fourth-order valence-electron chi connectivity index (χ4n) is 8.74. The summed E-state index contributed by atoms with van der Waals surface area (Å²) in [5, 5.41) is 13.5. The Morgan fingerprint density at radius 1 is 0.843 bits per heavy atom. The van der Waals surface area contributed by atoms with Crippen molar-refractivity contribution in [1.29, 1.82) is 0 Å². The minimum atomic E-state index is -1.63. The predicted molar refractivity (Wildman–Crippen MR) is 188 cm³/mol.